The van der Waals surface area contributed by atoms with Crippen LogP contribution in [0.3, 0.4) is 0 Å². The number of phenolic OH excluding ortho intramolecular Hbond substituents is 2. The molecule has 1 atom stereocenters. The Bertz CT molecular complexity index is 2110. The summed E-state index contributed by atoms with van der Waals surface area (Å²) in [7, 11) is -1.33. The van der Waals surface area contributed by atoms with Gasteiger partial charge >= 0.3 is 0 Å². The predicted molar refractivity (Wildman–Crippen MR) is 213 cm³/mol. The molecule has 3 aromatic carbocycles. The van der Waals surface area contributed by atoms with E-state index in [1.54, 1.807) is 49.5 Å². The van der Waals surface area contributed by atoms with Crippen molar-refractivity contribution in [3.63, 3.8) is 0 Å². The largest absolute Gasteiger partial charge is 0.507 e. The van der Waals surface area contributed by atoms with Gasteiger partial charge in [-0.2, -0.15) is 9.90 Å². The molecule has 0 aliphatic carbocycles. The molecule has 0 saturated carbocycles. The number of aromatic hydroxyl groups is 2. The van der Waals surface area contributed by atoms with Crippen LogP contribution in [0.5, 0.6) is 11.5 Å². The fraction of sp³-hybridized carbons (Fsp3) is 0.476. The minimum atomic E-state index is -4.27. The number of rotatable bonds is 8. The zero-order valence-electron chi connectivity index (χ0n) is 34.2. The van der Waals surface area contributed by atoms with Crippen LogP contribution in [0, 0.1) is 0 Å². The SMILES string of the molecule is CNC(=O)C(CS(=O)(=O)c1ccccc1)(NC(=O)c1nn(C)nc1-c1cc(C(C)(C)C)c(O)c(C(C)(C)C)c1)c1cc(C(C)(C)C)c(O)c(C(C)(C)C)c1. The first-order chi connectivity index (χ1) is 24.5. The van der Waals surface area contributed by atoms with E-state index in [0.717, 1.165) is 0 Å². The van der Waals surface area contributed by atoms with E-state index in [0.29, 0.717) is 27.8 Å². The van der Waals surface area contributed by atoms with E-state index in [4.69, 9.17) is 0 Å². The van der Waals surface area contributed by atoms with Gasteiger partial charge in [0.2, 0.25) is 0 Å². The molecule has 292 valence electrons. The van der Waals surface area contributed by atoms with Gasteiger partial charge in [0, 0.05) is 30.8 Å². The number of hydrogen-bond acceptors (Lipinski definition) is 8. The van der Waals surface area contributed by atoms with Gasteiger partial charge in [0.15, 0.2) is 21.1 Å². The number of nitrogens with one attached hydrogen (secondary N) is 2. The molecule has 4 N–H and O–H groups in total. The van der Waals surface area contributed by atoms with Crippen LogP contribution >= 0.6 is 0 Å². The second-order valence-corrected chi connectivity index (χ2v) is 20.2. The molecule has 12 heteroatoms. The highest BCUT2D eigenvalue weighted by Gasteiger charge is 2.48. The zero-order chi connectivity index (χ0) is 41.0. The molecule has 4 aromatic rings. The maximum Gasteiger partial charge on any atom is 0.275 e. The highest BCUT2D eigenvalue weighted by molar-refractivity contribution is 7.91. The van der Waals surface area contributed by atoms with Crippen molar-refractivity contribution >= 4 is 21.7 Å². The molecule has 1 unspecified atom stereocenters. The normalized spacial score (nSPS) is 14.0. The van der Waals surface area contributed by atoms with Gasteiger partial charge in [0.05, 0.1) is 10.6 Å². The molecule has 1 heterocycles. The number of carbonyl (C=O) groups excluding carboxylic acids is 2. The molecule has 0 bridgehead atoms. The molecule has 0 spiro atoms. The number of sulfone groups is 1. The van der Waals surface area contributed by atoms with Crippen molar-refractivity contribution in [2.45, 2.75) is 115 Å². The zero-order valence-corrected chi connectivity index (χ0v) is 35.0. The Hall–Kier alpha value is -4.71. The number of nitrogens with zero attached hydrogens (tertiary/aromatic N) is 3. The Balaban J connectivity index is 2.09. The molecule has 2 amide bonds. The molecule has 0 saturated heterocycles. The van der Waals surface area contributed by atoms with Crippen molar-refractivity contribution in [2.24, 2.45) is 7.05 Å². The van der Waals surface area contributed by atoms with Gasteiger partial charge in [0.1, 0.15) is 17.2 Å². The van der Waals surface area contributed by atoms with Gasteiger partial charge in [-0.05, 0) is 74.7 Å². The van der Waals surface area contributed by atoms with E-state index in [9.17, 15) is 28.2 Å². The van der Waals surface area contributed by atoms with E-state index in [1.807, 2.05) is 83.1 Å². The van der Waals surface area contributed by atoms with Crippen molar-refractivity contribution in [2.75, 3.05) is 12.8 Å². The van der Waals surface area contributed by atoms with Gasteiger partial charge in [-0.25, -0.2) is 8.42 Å². The van der Waals surface area contributed by atoms with E-state index in [2.05, 4.69) is 20.8 Å². The lowest BCUT2D eigenvalue weighted by atomic mass is 9.75. The lowest BCUT2D eigenvalue weighted by molar-refractivity contribution is -0.126. The molecule has 0 aliphatic heterocycles. The third-order valence-corrected chi connectivity index (χ3v) is 11.4. The number of aryl methyl sites for hydroxylation is 1. The van der Waals surface area contributed by atoms with Gasteiger partial charge in [-0.15, -0.1) is 5.10 Å². The molecule has 0 radical (unpaired) electrons. The molecule has 1 aromatic heterocycles. The van der Waals surface area contributed by atoms with Crippen molar-refractivity contribution in [1.82, 2.24) is 25.6 Å². The maximum absolute atomic E-state index is 14.8. The summed E-state index contributed by atoms with van der Waals surface area (Å²) in [5.41, 5.74) is -1.57. The molecule has 11 nitrogen and oxygen atoms in total. The fourth-order valence-electron chi connectivity index (χ4n) is 6.60. The van der Waals surface area contributed by atoms with Crippen LogP contribution in [0.15, 0.2) is 59.5 Å². The monoisotopic (exact) mass is 759 g/mol. The van der Waals surface area contributed by atoms with Crippen LogP contribution in [0.1, 0.15) is 121 Å². The first-order valence-corrected chi connectivity index (χ1v) is 19.7. The van der Waals surface area contributed by atoms with Crippen LogP contribution in [-0.4, -0.2) is 58.2 Å². The van der Waals surface area contributed by atoms with Gasteiger partial charge in [-0.3, -0.25) is 9.59 Å². The van der Waals surface area contributed by atoms with Crippen LogP contribution < -0.4 is 10.6 Å². The number of phenols is 2. The highest BCUT2D eigenvalue weighted by atomic mass is 32.2. The first kappa shape index (κ1) is 42.0. The van der Waals surface area contributed by atoms with Crippen LogP contribution in [0.2, 0.25) is 0 Å². The minimum absolute atomic E-state index is 0.0228. The lowest BCUT2D eigenvalue weighted by Gasteiger charge is -2.36. The average molecular weight is 760 g/mol. The van der Waals surface area contributed by atoms with E-state index < -0.39 is 54.6 Å². The summed E-state index contributed by atoms with van der Waals surface area (Å²) in [6.07, 6.45) is 0. The van der Waals surface area contributed by atoms with E-state index >= 15 is 0 Å². The van der Waals surface area contributed by atoms with E-state index in [1.165, 1.54) is 24.0 Å². The van der Waals surface area contributed by atoms with Crippen LogP contribution in [0.4, 0.5) is 0 Å². The third-order valence-electron chi connectivity index (χ3n) is 9.60. The first-order valence-electron chi connectivity index (χ1n) is 18.0. The second kappa shape index (κ2) is 14.2. The summed E-state index contributed by atoms with van der Waals surface area (Å²) in [4.78, 5) is 30.6. The highest BCUT2D eigenvalue weighted by Crippen LogP contribution is 2.44. The summed E-state index contributed by atoms with van der Waals surface area (Å²) >= 11 is 0. The van der Waals surface area contributed by atoms with Gasteiger partial charge < -0.3 is 20.8 Å². The Labute approximate surface area is 320 Å². The average Bonchev–Trinajstić information content (AvgIpc) is 3.44. The summed E-state index contributed by atoms with van der Waals surface area (Å²) in [6, 6.07) is 14.5. The van der Waals surface area contributed by atoms with Crippen molar-refractivity contribution < 1.29 is 28.2 Å². The topological polar surface area (TPSA) is 164 Å². The third kappa shape index (κ3) is 8.33. The smallest absolute Gasteiger partial charge is 0.275 e. The molecule has 4 rings (SSSR count). The minimum Gasteiger partial charge on any atom is -0.507 e. The number of carbonyl (C=O) groups is 2. The van der Waals surface area contributed by atoms with Crippen LogP contribution in [0.25, 0.3) is 11.3 Å². The predicted octanol–water partition coefficient (Wildman–Crippen LogP) is 6.93. The number of aromatic nitrogens is 3. The van der Waals surface area contributed by atoms with Crippen molar-refractivity contribution in [3.05, 3.63) is 88.1 Å². The summed E-state index contributed by atoms with van der Waals surface area (Å²) in [5.74, 6) is -2.33. The molecule has 0 fully saturated rings. The fourth-order valence-corrected chi connectivity index (χ4v) is 8.28. The van der Waals surface area contributed by atoms with Crippen LogP contribution in [-0.2, 0) is 48.9 Å². The Morgan fingerprint density at radius 2 is 1.13 bits per heavy atom. The number of benzene rings is 3. The van der Waals surface area contributed by atoms with Gasteiger partial charge in [-0.1, -0.05) is 101 Å². The maximum atomic E-state index is 14.8. The number of likely N-dealkylation sites (N-methyl/N-ethyl adjacent to an activating group) is 1. The molecule has 0 aliphatic rings. The molecule has 54 heavy (non-hydrogen) atoms. The Kier molecular flexibility index (Phi) is 11.0. The summed E-state index contributed by atoms with van der Waals surface area (Å²) < 4.78 is 28.7. The number of hydrogen-bond donors (Lipinski definition) is 4. The van der Waals surface area contributed by atoms with Gasteiger partial charge in [0.25, 0.3) is 11.8 Å². The van der Waals surface area contributed by atoms with Crippen molar-refractivity contribution in [1.29, 1.82) is 0 Å². The molecular formula is C42H57N5O6S. The number of amides is 2. The summed E-state index contributed by atoms with van der Waals surface area (Å²) in [5, 5.41) is 37.6. The lowest BCUT2D eigenvalue weighted by Crippen LogP contribution is -2.59. The Morgan fingerprint density at radius 1 is 0.704 bits per heavy atom. The quantitative estimate of drug-likeness (QED) is 0.150. The molecular weight excluding hydrogens is 703 g/mol. The van der Waals surface area contributed by atoms with Crippen molar-refractivity contribution in [3.8, 4) is 22.8 Å². The summed E-state index contributed by atoms with van der Waals surface area (Å²) in [6.45, 7) is 23.3. The van der Waals surface area contributed by atoms with E-state index in [-0.39, 0.29) is 33.3 Å². The standard InChI is InChI=1S/C42H57N5O6S/c1-38(2,3)28-20-25(21-29(34(28)48)39(4,5)6)32-33(46-47(14)45-32)36(50)44-42(37(51)43-13,24-54(52,53)27-18-16-15-17-19-27)26-22-30(40(7,8)9)35(49)31(23-26)41(10,11)12/h15-23,48-49H,24H2,1-14H3,(H,43,51)(H,44,50). The second-order valence-electron chi connectivity index (χ2n) is 18.2. The Morgan fingerprint density at radius 3 is 1.54 bits per heavy atom.